The van der Waals surface area contributed by atoms with Gasteiger partial charge in [-0.3, -0.25) is 9.89 Å². The van der Waals surface area contributed by atoms with Crippen LogP contribution in [-0.4, -0.2) is 39.3 Å². The first kappa shape index (κ1) is 28.3. The van der Waals surface area contributed by atoms with Gasteiger partial charge in [-0.2, -0.15) is 5.10 Å². The van der Waals surface area contributed by atoms with Crippen LogP contribution in [0.15, 0.2) is 54.6 Å². The van der Waals surface area contributed by atoms with Crippen LogP contribution in [0.4, 0.5) is 0 Å². The molecule has 7 heteroatoms. The van der Waals surface area contributed by atoms with Crippen LogP contribution in [0.5, 0.6) is 17.2 Å². The summed E-state index contributed by atoms with van der Waals surface area (Å²) in [5.41, 5.74) is 7.32. The summed E-state index contributed by atoms with van der Waals surface area (Å²) in [4.78, 5) is 15.8. The van der Waals surface area contributed by atoms with Crippen LogP contribution in [0, 0.1) is 26.7 Å². The van der Waals surface area contributed by atoms with Crippen LogP contribution in [-0.2, 0) is 6.54 Å². The average Bonchev–Trinajstić information content (AvgIpc) is 3.44. The molecule has 1 amide bonds. The van der Waals surface area contributed by atoms with Crippen molar-refractivity contribution < 1.29 is 19.4 Å². The van der Waals surface area contributed by atoms with E-state index in [-0.39, 0.29) is 11.7 Å². The van der Waals surface area contributed by atoms with E-state index >= 15 is 0 Å². The summed E-state index contributed by atoms with van der Waals surface area (Å²) in [6.07, 6.45) is 0.940. The molecular weight excluding hydrogens is 514 g/mol. The molecule has 0 fully saturated rings. The van der Waals surface area contributed by atoms with Gasteiger partial charge in [0.1, 0.15) is 17.1 Å². The van der Waals surface area contributed by atoms with Crippen LogP contribution in [0.2, 0.25) is 0 Å². The van der Waals surface area contributed by atoms with Crippen molar-refractivity contribution in [3.63, 3.8) is 0 Å². The Morgan fingerprint density at radius 2 is 1.73 bits per heavy atom. The molecule has 41 heavy (non-hydrogen) atoms. The lowest BCUT2D eigenvalue weighted by molar-refractivity contribution is 0.0729. The Bertz CT molecular complexity index is 1530. The lowest BCUT2D eigenvalue weighted by atomic mass is 9.92. The Labute approximate surface area is 242 Å². The van der Waals surface area contributed by atoms with Crippen LogP contribution in [0.1, 0.15) is 77.1 Å². The molecule has 1 atom stereocenters. The lowest BCUT2D eigenvalue weighted by Gasteiger charge is -2.27. The molecule has 5 rings (SSSR count). The summed E-state index contributed by atoms with van der Waals surface area (Å²) in [5, 5.41) is 18.6. The molecular formula is C34H39N3O4. The Balaban J connectivity index is 1.63. The van der Waals surface area contributed by atoms with Gasteiger partial charge in [-0.25, -0.2) is 0 Å². The van der Waals surface area contributed by atoms with Crippen molar-refractivity contribution in [1.29, 1.82) is 0 Å². The maximum Gasteiger partial charge on any atom is 0.273 e. The van der Waals surface area contributed by atoms with Gasteiger partial charge < -0.3 is 19.5 Å². The Hall–Kier alpha value is -4.26. The minimum absolute atomic E-state index is 0.135. The summed E-state index contributed by atoms with van der Waals surface area (Å²) in [5.74, 6) is 1.87. The number of aryl methyl sites for hydroxylation is 3. The monoisotopic (exact) mass is 553 g/mol. The predicted molar refractivity (Wildman–Crippen MR) is 161 cm³/mol. The van der Waals surface area contributed by atoms with E-state index in [1.54, 1.807) is 6.07 Å². The third-order valence-electron chi connectivity index (χ3n) is 7.57. The van der Waals surface area contributed by atoms with E-state index < -0.39 is 6.04 Å². The van der Waals surface area contributed by atoms with Crippen molar-refractivity contribution in [1.82, 2.24) is 15.1 Å². The zero-order valence-corrected chi connectivity index (χ0v) is 24.7. The highest BCUT2D eigenvalue weighted by molar-refractivity contribution is 6.00. The molecule has 1 aliphatic heterocycles. The summed E-state index contributed by atoms with van der Waals surface area (Å²) in [6, 6.07) is 17.4. The SMILES string of the molecule is CCOc1cc(C2c3c(-c4c(C)cc(C)cc4O)n[nH]c3C(=O)N2Cc2ccc(C)cc2)ccc1OCCC(C)C. The standard InChI is InChI=1S/C34H39N3O4/c1-7-40-28-18-25(12-13-27(28)41-15-14-20(2)3)33-30-31(29-23(6)16-22(5)17-26(29)38)35-36-32(30)34(39)37(33)19-24-10-8-21(4)9-11-24/h8-13,16-18,20,33,38H,7,14-15,19H2,1-6H3,(H,35,36). The van der Waals surface area contributed by atoms with Crippen LogP contribution in [0.25, 0.3) is 11.3 Å². The number of benzene rings is 3. The number of aromatic nitrogens is 2. The van der Waals surface area contributed by atoms with E-state index in [0.717, 1.165) is 39.8 Å². The van der Waals surface area contributed by atoms with Crippen molar-refractivity contribution in [2.24, 2.45) is 5.92 Å². The maximum atomic E-state index is 13.9. The van der Waals surface area contributed by atoms with Gasteiger partial charge in [-0.1, -0.05) is 55.8 Å². The number of amides is 1. The molecule has 7 nitrogen and oxygen atoms in total. The Kier molecular flexibility index (Phi) is 8.06. The molecule has 0 bridgehead atoms. The number of nitrogens with one attached hydrogen (secondary N) is 1. The quantitative estimate of drug-likeness (QED) is 0.216. The smallest absolute Gasteiger partial charge is 0.273 e. The van der Waals surface area contributed by atoms with Gasteiger partial charge in [0.2, 0.25) is 0 Å². The molecule has 0 saturated carbocycles. The molecule has 2 heterocycles. The fourth-order valence-corrected chi connectivity index (χ4v) is 5.53. The predicted octanol–water partition coefficient (Wildman–Crippen LogP) is 7.28. The third-order valence-corrected chi connectivity index (χ3v) is 7.57. The first-order chi connectivity index (χ1) is 19.7. The average molecular weight is 554 g/mol. The van der Waals surface area contributed by atoms with Gasteiger partial charge in [0, 0.05) is 17.7 Å². The fraction of sp³-hybridized carbons (Fsp3) is 0.353. The number of carbonyl (C=O) groups excluding carboxylic acids is 1. The number of ether oxygens (including phenoxy) is 2. The number of phenolic OH excluding ortho intramolecular Hbond substituents is 1. The molecule has 2 N–H and O–H groups in total. The molecule has 3 aromatic carbocycles. The van der Waals surface area contributed by atoms with Gasteiger partial charge in [0.15, 0.2) is 11.5 Å². The van der Waals surface area contributed by atoms with Crippen molar-refractivity contribution in [2.45, 2.75) is 60.5 Å². The summed E-state index contributed by atoms with van der Waals surface area (Å²) < 4.78 is 12.1. The van der Waals surface area contributed by atoms with Gasteiger partial charge in [0.05, 0.1) is 19.3 Å². The number of aromatic hydroxyl groups is 1. The minimum atomic E-state index is -0.448. The molecule has 0 saturated heterocycles. The molecule has 0 aliphatic carbocycles. The van der Waals surface area contributed by atoms with E-state index in [0.29, 0.717) is 54.1 Å². The molecule has 1 unspecified atom stereocenters. The number of nitrogens with zero attached hydrogens (tertiary/aromatic N) is 2. The maximum absolute atomic E-state index is 13.9. The normalized spacial score (nSPS) is 14.6. The third kappa shape index (κ3) is 5.67. The number of H-pyrrole nitrogens is 1. The lowest BCUT2D eigenvalue weighted by Crippen LogP contribution is -2.29. The first-order valence-corrected chi connectivity index (χ1v) is 14.3. The highest BCUT2D eigenvalue weighted by Crippen LogP contribution is 2.47. The Morgan fingerprint density at radius 3 is 2.41 bits per heavy atom. The van der Waals surface area contributed by atoms with Crippen LogP contribution in [0.3, 0.4) is 0 Å². The molecule has 0 radical (unpaired) electrons. The zero-order chi connectivity index (χ0) is 29.3. The largest absolute Gasteiger partial charge is 0.507 e. The van der Waals surface area contributed by atoms with Crippen LogP contribution >= 0.6 is 0 Å². The Morgan fingerprint density at radius 1 is 0.976 bits per heavy atom. The van der Waals surface area contributed by atoms with Gasteiger partial charge in [0.25, 0.3) is 5.91 Å². The second kappa shape index (κ2) is 11.7. The summed E-state index contributed by atoms with van der Waals surface area (Å²) >= 11 is 0. The fourth-order valence-electron chi connectivity index (χ4n) is 5.53. The number of carbonyl (C=O) groups is 1. The van der Waals surface area contributed by atoms with Crippen molar-refractivity contribution in [3.05, 3.63) is 93.7 Å². The topological polar surface area (TPSA) is 87.7 Å². The summed E-state index contributed by atoms with van der Waals surface area (Å²) in [7, 11) is 0. The summed E-state index contributed by atoms with van der Waals surface area (Å²) in [6.45, 7) is 13.7. The van der Waals surface area contributed by atoms with Crippen LogP contribution < -0.4 is 9.47 Å². The highest BCUT2D eigenvalue weighted by Gasteiger charge is 2.43. The second-order valence-electron chi connectivity index (χ2n) is 11.3. The van der Waals surface area contributed by atoms with E-state index in [1.165, 1.54) is 0 Å². The molecule has 1 aliphatic rings. The number of rotatable bonds is 10. The number of aromatic amines is 1. The van der Waals surface area contributed by atoms with Crippen molar-refractivity contribution >= 4 is 5.91 Å². The van der Waals surface area contributed by atoms with Gasteiger partial charge in [-0.15, -0.1) is 0 Å². The number of phenols is 1. The molecule has 4 aromatic rings. The van der Waals surface area contributed by atoms with E-state index in [2.05, 4.69) is 48.3 Å². The van der Waals surface area contributed by atoms with Gasteiger partial charge in [-0.05, 0) is 80.5 Å². The van der Waals surface area contributed by atoms with Gasteiger partial charge >= 0.3 is 0 Å². The zero-order valence-electron chi connectivity index (χ0n) is 24.7. The minimum Gasteiger partial charge on any atom is -0.507 e. The van der Waals surface area contributed by atoms with E-state index in [1.807, 2.05) is 56.9 Å². The van der Waals surface area contributed by atoms with Crippen molar-refractivity contribution in [2.75, 3.05) is 13.2 Å². The number of hydrogen-bond acceptors (Lipinski definition) is 5. The van der Waals surface area contributed by atoms with E-state index in [4.69, 9.17) is 9.47 Å². The van der Waals surface area contributed by atoms with E-state index in [9.17, 15) is 9.90 Å². The van der Waals surface area contributed by atoms with Crippen molar-refractivity contribution in [3.8, 4) is 28.5 Å². The molecule has 1 aromatic heterocycles. The second-order valence-corrected chi connectivity index (χ2v) is 11.3. The molecule has 214 valence electrons. The number of fused-ring (bicyclic) bond motifs is 1. The highest BCUT2D eigenvalue weighted by atomic mass is 16.5. The first-order valence-electron chi connectivity index (χ1n) is 14.3. The molecule has 0 spiro atoms. The number of hydrogen-bond donors (Lipinski definition) is 2.